The molecule has 0 aliphatic heterocycles. The van der Waals surface area contributed by atoms with Gasteiger partial charge in [-0.2, -0.15) is 0 Å². The Hall–Kier alpha value is -0.650. The molecule has 112 valence electrons. The third kappa shape index (κ3) is 3.91. The lowest BCUT2D eigenvalue weighted by Crippen LogP contribution is -2.54. The number of carbonyl (C=O) groups excluding carboxylic acids is 1. The van der Waals surface area contributed by atoms with Gasteiger partial charge >= 0.3 is 5.97 Å². The molecule has 1 aliphatic carbocycles. The molecule has 5 heteroatoms. The molecular weight excluding hydrogens is 244 g/mol. The second-order valence-electron chi connectivity index (χ2n) is 5.39. The van der Waals surface area contributed by atoms with Gasteiger partial charge in [0.1, 0.15) is 5.54 Å². The fourth-order valence-electron chi connectivity index (χ4n) is 3.09. The maximum Gasteiger partial charge on any atom is 0.326 e. The van der Waals surface area contributed by atoms with Crippen LogP contribution in [0, 0.1) is 5.92 Å². The molecule has 1 N–H and O–H groups in total. The number of nitrogens with zero attached hydrogens (tertiary/aromatic N) is 1. The molecule has 2 atom stereocenters. The first kappa shape index (κ1) is 16.4. The zero-order chi connectivity index (χ0) is 14.3. The standard InChI is InChI=1S/C14H28N2O3/c1-15-14(13(17)19-4)8-5-6-12(14)7-9-16(2)10-11-18-3/h12,15H,5-11H2,1-4H3. The van der Waals surface area contributed by atoms with Crippen LogP contribution in [0.5, 0.6) is 0 Å². The van der Waals surface area contributed by atoms with Crippen molar-refractivity contribution >= 4 is 5.97 Å². The van der Waals surface area contributed by atoms with Crippen LogP contribution in [0.4, 0.5) is 0 Å². The van der Waals surface area contributed by atoms with Gasteiger partial charge in [-0.1, -0.05) is 6.42 Å². The van der Waals surface area contributed by atoms with Crippen molar-refractivity contribution in [3.63, 3.8) is 0 Å². The normalized spacial score (nSPS) is 26.9. The van der Waals surface area contributed by atoms with Crippen LogP contribution < -0.4 is 5.32 Å². The van der Waals surface area contributed by atoms with Gasteiger partial charge in [0.15, 0.2) is 0 Å². The first-order valence-electron chi connectivity index (χ1n) is 7.05. The summed E-state index contributed by atoms with van der Waals surface area (Å²) in [5.74, 6) is 0.243. The molecule has 0 aromatic rings. The monoisotopic (exact) mass is 272 g/mol. The number of carbonyl (C=O) groups is 1. The van der Waals surface area contributed by atoms with Crippen LogP contribution in [0.15, 0.2) is 0 Å². The fraction of sp³-hybridized carbons (Fsp3) is 0.929. The summed E-state index contributed by atoms with van der Waals surface area (Å²) in [7, 11) is 7.15. The Bertz CT molecular complexity index is 286. The predicted molar refractivity (Wildman–Crippen MR) is 75.1 cm³/mol. The highest BCUT2D eigenvalue weighted by atomic mass is 16.5. The number of rotatable bonds is 8. The third-order valence-electron chi connectivity index (χ3n) is 4.35. The highest BCUT2D eigenvalue weighted by molar-refractivity contribution is 5.81. The molecule has 19 heavy (non-hydrogen) atoms. The van der Waals surface area contributed by atoms with Crippen molar-refractivity contribution in [2.24, 2.45) is 5.92 Å². The van der Waals surface area contributed by atoms with E-state index in [1.54, 1.807) is 7.11 Å². The van der Waals surface area contributed by atoms with E-state index in [2.05, 4.69) is 17.3 Å². The quantitative estimate of drug-likeness (QED) is 0.665. The Kier molecular flexibility index (Phi) is 6.75. The summed E-state index contributed by atoms with van der Waals surface area (Å²) in [5, 5.41) is 3.23. The Morgan fingerprint density at radius 1 is 1.42 bits per heavy atom. The Morgan fingerprint density at radius 3 is 2.74 bits per heavy atom. The van der Waals surface area contributed by atoms with Gasteiger partial charge in [0.05, 0.1) is 13.7 Å². The molecule has 1 aliphatic rings. The molecule has 0 radical (unpaired) electrons. The third-order valence-corrected chi connectivity index (χ3v) is 4.35. The predicted octanol–water partition coefficient (Wildman–Crippen LogP) is 0.886. The van der Waals surface area contributed by atoms with Crippen LogP contribution in [-0.2, 0) is 14.3 Å². The van der Waals surface area contributed by atoms with Crippen molar-refractivity contribution in [2.45, 2.75) is 31.2 Å². The molecule has 0 saturated heterocycles. The lowest BCUT2D eigenvalue weighted by Gasteiger charge is -2.33. The summed E-state index contributed by atoms with van der Waals surface area (Å²) in [6, 6.07) is 0. The molecule has 0 spiro atoms. The first-order chi connectivity index (χ1) is 9.10. The van der Waals surface area contributed by atoms with E-state index in [-0.39, 0.29) is 5.97 Å². The SMILES string of the molecule is CNC1(C(=O)OC)CCCC1CCN(C)CCOC. The molecule has 2 unspecified atom stereocenters. The Morgan fingerprint density at radius 2 is 2.16 bits per heavy atom. The number of hydrogen-bond acceptors (Lipinski definition) is 5. The van der Waals surface area contributed by atoms with Crippen LogP contribution in [0.25, 0.3) is 0 Å². The van der Waals surface area contributed by atoms with Crippen LogP contribution in [0.1, 0.15) is 25.7 Å². The number of hydrogen-bond donors (Lipinski definition) is 1. The molecule has 0 heterocycles. The average Bonchev–Trinajstić information content (AvgIpc) is 2.85. The molecule has 0 amide bonds. The van der Waals surface area contributed by atoms with Crippen molar-refractivity contribution in [1.29, 1.82) is 0 Å². The van der Waals surface area contributed by atoms with E-state index < -0.39 is 5.54 Å². The molecule has 0 aromatic carbocycles. The van der Waals surface area contributed by atoms with E-state index in [0.29, 0.717) is 5.92 Å². The molecular formula is C14H28N2O3. The van der Waals surface area contributed by atoms with E-state index >= 15 is 0 Å². The van der Waals surface area contributed by atoms with Crippen molar-refractivity contribution in [3.05, 3.63) is 0 Å². The summed E-state index contributed by atoms with van der Waals surface area (Å²) in [5.41, 5.74) is -0.475. The van der Waals surface area contributed by atoms with Gasteiger partial charge in [0, 0.05) is 13.7 Å². The molecule has 1 rings (SSSR count). The fourth-order valence-corrected chi connectivity index (χ4v) is 3.09. The van der Waals surface area contributed by atoms with Gasteiger partial charge in [0.2, 0.25) is 0 Å². The summed E-state index contributed by atoms with van der Waals surface area (Å²) >= 11 is 0. The summed E-state index contributed by atoms with van der Waals surface area (Å²) in [6.07, 6.45) is 4.06. The van der Waals surface area contributed by atoms with Gasteiger partial charge in [-0.3, -0.25) is 4.79 Å². The first-order valence-corrected chi connectivity index (χ1v) is 7.05. The smallest absolute Gasteiger partial charge is 0.326 e. The van der Waals surface area contributed by atoms with E-state index in [1.165, 1.54) is 7.11 Å². The highest BCUT2D eigenvalue weighted by Crippen LogP contribution is 2.38. The number of nitrogens with one attached hydrogen (secondary N) is 1. The van der Waals surface area contributed by atoms with Crippen molar-refractivity contribution < 1.29 is 14.3 Å². The van der Waals surface area contributed by atoms with Crippen molar-refractivity contribution in [2.75, 3.05) is 48.0 Å². The molecule has 0 aromatic heterocycles. The lowest BCUT2D eigenvalue weighted by molar-refractivity contribution is -0.150. The molecule has 1 fully saturated rings. The minimum Gasteiger partial charge on any atom is -0.468 e. The largest absolute Gasteiger partial charge is 0.468 e. The van der Waals surface area contributed by atoms with E-state index in [9.17, 15) is 4.79 Å². The summed E-state index contributed by atoms with van der Waals surface area (Å²) in [4.78, 5) is 14.3. The van der Waals surface area contributed by atoms with Gasteiger partial charge < -0.3 is 19.7 Å². The Labute approximate surface area is 116 Å². The highest BCUT2D eigenvalue weighted by Gasteiger charge is 2.48. The van der Waals surface area contributed by atoms with E-state index in [1.807, 2.05) is 7.05 Å². The van der Waals surface area contributed by atoms with Crippen LogP contribution >= 0.6 is 0 Å². The second-order valence-corrected chi connectivity index (χ2v) is 5.39. The zero-order valence-electron chi connectivity index (χ0n) is 12.7. The number of methoxy groups -OCH3 is 2. The topological polar surface area (TPSA) is 50.8 Å². The lowest BCUT2D eigenvalue weighted by atomic mass is 9.84. The summed E-state index contributed by atoms with van der Waals surface area (Å²) < 4.78 is 10.1. The maximum atomic E-state index is 12.1. The zero-order valence-corrected chi connectivity index (χ0v) is 12.7. The van der Waals surface area contributed by atoms with Gasteiger partial charge in [-0.25, -0.2) is 0 Å². The van der Waals surface area contributed by atoms with Crippen LogP contribution in [0.2, 0.25) is 0 Å². The van der Waals surface area contributed by atoms with Crippen molar-refractivity contribution in [1.82, 2.24) is 10.2 Å². The minimum atomic E-state index is -0.475. The minimum absolute atomic E-state index is 0.114. The number of likely N-dealkylation sites (N-methyl/N-ethyl adjacent to an activating group) is 2. The molecule has 1 saturated carbocycles. The average molecular weight is 272 g/mol. The van der Waals surface area contributed by atoms with Gasteiger partial charge in [-0.15, -0.1) is 0 Å². The van der Waals surface area contributed by atoms with E-state index in [0.717, 1.165) is 45.4 Å². The van der Waals surface area contributed by atoms with Crippen molar-refractivity contribution in [3.8, 4) is 0 Å². The second kappa shape index (κ2) is 7.82. The number of ether oxygens (including phenoxy) is 2. The maximum absolute atomic E-state index is 12.1. The molecule has 0 bridgehead atoms. The van der Waals surface area contributed by atoms with E-state index in [4.69, 9.17) is 9.47 Å². The van der Waals surface area contributed by atoms with Crippen LogP contribution in [0.3, 0.4) is 0 Å². The Balaban J connectivity index is 2.53. The molecule has 5 nitrogen and oxygen atoms in total. The summed E-state index contributed by atoms with van der Waals surface area (Å²) in [6.45, 7) is 2.65. The van der Waals surface area contributed by atoms with Crippen LogP contribution in [-0.4, -0.2) is 64.4 Å². The number of esters is 1. The van der Waals surface area contributed by atoms with Gasteiger partial charge in [0.25, 0.3) is 0 Å². The van der Waals surface area contributed by atoms with Gasteiger partial charge in [-0.05, 0) is 45.8 Å².